The zero-order valence-electron chi connectivity index (χ0n) is 11.6. The molecular formula is C14H22N4O. The van der Waals surface area contributed by atoms with E-state index in [0.717, 1.165) is 36.8 Å². The van der Waals surface area contributed by atoms with Crippen molar-refractivity contribution in [3.8, 4) is 0 Å². The summed E-state index contributed by atoms with van der Waals surface area (Å²) in [5.74, 6) is 2.19. The average molecular weight is 262 g/mol. The Kier molecular flexibility index (Phi) is 3.41. The second kappa shape index (κ2) is 5.06. The molecule has 5 nitrogen and oxygen atoms in total. The number of hydrogen-bond donors (Lipinski definition) is 2. The maximum absolute atomic E-state index is 6.25. The number of aromatic nitrogens is 2. The molecule has 2 aliphatic rings. The van der Waals surface area contributed by atoms with Gasteiger partial charge >= 0.3 is 0 Å². The van der Waals surface area contributed by atoms with Gasteiger partial charge in [-0.1, -0.05) is 6.92 Å². The number of nitrogens with zero attached hydrogens (tertiary/aromatic N) is 2. The summed E-state index contributed by atoms with van der Waals surface area (Å²) in [7, 11) is 0. The lowest BCUT2D eigenvalue weighted by molar-refractivity contribution is -0.104. The summed E-state index contributed by atoms with van der Waals surface area (Å²) >= 11 is 0. The summed E-state index contributed by atoms with van der Waals surface area (Å²) in [5, 5.41) is 3.44. The first-order valence-electron chi connectivity index (χ1n) is 7.17. The molecule has 1 aliphatic heterocycles. The molecule has 1 saturated carbocycles. The molecule has 4 atom stereocenters. The first kappa shape index (κ1) is 12.8. The van der Waals surface area contributed by atoms with E-state index >= 15 is 0 Å². The molecule has 2 heterocycles. The maximum Gasteiger partial charge on any atom is 0.130 e. The van der Waals surface area contributed by atoms with E-state index < -0.39 is 0 Å². The molecule has 3 N–H and O–H groups in total. The van der Waals surface area contributed by atoms with Crippen LogP contribution in [0.1, 0.15) is 31.3 Å². The van der Waals surface area contributed by atoms with Gasteiger partial charge in [0, 0.05) is 30.3 Å². The Morgan fingerprint density at radius 1 is 1.47 bits per heavy atom. The van der Waals surface area contributed by atoms with Crippen LogP contribution in [0.5, 0.6) is 0 Å². The summed E-state index contributed by atoms with van der Waals surface area (Å²) in [6, 6.07) is 2.37. The molecule has 0 radical (unpaired) electrons. The number of ether oxygens (including phenoxy) is 1. The Morgan fingerprint density at radius 2 is 2.32 bits per heavy atom. The van der Waals surface area contributed by atoms with E-state index in [2.05, 4.69) is 22.2 Å². The number of fused-ring (bicyclic) bond motifs is 1. The second-order valence-electron chi connectivity index (χ2n) is 5.53. The molecule has 0 aromatic carbocycles. The number of rotatable bonds is 3. The van der Waals surface area contributed by atoms with Crippen LogP contribution in [0.15, 0.2) is 6.07 Å². The maximum atomic E-state index is 6.25. The van der Waals surface area contributed by atoms with Gasteiger partial charge in [-0.05, 0) is 26.2 Å². The van der Waals surface area contributed by atoms with Crippen LogP contribution in [-0.4, -0.2) is 34.8 Å². The minimum Gasteiger partial charge on any atom is -0.376 e. The van der Waals surface area contributed by atoms with E-state index in [1.807, 2.05) is 13.0 Å². The SMILES string of the molecule is CCc1cc(NC2C(N)C3CCCOC32)nc(C)n1. The number of nitrogens with two attached hydrogens (primary N) is 1. The van der Waals surface area contributed by atoms with Crippen molar-refractivity contribution >= 4 is 5.82 Å². The molecule has 5 heteroatoms. The van der Waals surface area contributed by atoms with Crippen LogP contribution < -0.4 is 11.1 Å². The van der Waals surface area contributed by atoms with Gasteiger partial charge in [0.1, 0.15) is 11.6 Å². The van der Waals surface area contributed by atoms with Crippen LogP contribution in [0, 0.1) is 12.8 Å². The molecule has 2 fully saturated rings. The van der Waals surface area contributed by atoms with Crippen LogP contribution in [0.4, 0.5) is 5.82 Å². The molecule has 0 spiro atoms. The van der Waals surface area contributed by atoms with E-state index in [9.17, 15) is 0 Å². The predicted molar refractivity (Wildman–Crippen MR) is 74.0 cm³/mol. The fraction of sp³-hybridized carbons (Fsp3) is 0.714. The molecule has 1 aromatic heterocycles. The van der Waals surface area contributed by atoms with Crippen molar-refractivity contribution in [2.24, 2.45) is 11.7 Å². The highest BCUT2D eigenvalue weighted by Crippen LogP contribution is 2.38. The molecule has 0 bridgehead atoms. The molecule has 4 unspecified atom stereocenters. The predicted octanol–water partition coefficient (Wildman–Crippen LogP) is 1.26. The quantitative estimate of drug-likeness (QED) is 0.858. The topological polar surface area (TPSA) is 73.1 Å². The molecular weight excluding hydrogens is 240 g/mol. The van der Waals surface area contributed by atoms with Crippen molar-refractivity contribution in [2.45, 2.75) is 51.3 Å². The van der Waals surface area contributed by atoms with Gasteiger partial charge in [0.15, 0.2) is 0 Å². The number of anilines is 1. The molecule has 1 aromatic rings. The van der Waals surface area contributed by atoms with Crippen LogP contribution in [0.2, 0.25) is 0 Å². The zero-order chi connectivity index (χ0) is 13.4. The van der Waals surface area contributed by atoms with Gasteiger partial charge in [0.2, 0.25) is 0 Å². The lowest BCUT2D eigenvalue weighted by Crippen LogP contribution is -2.69. The van der Waals surface area contributed by atoms with Crippen molar-refractivity contribution in [3.63, 3.8) is 0 Å². The van der Waals surface area contributed by atoms with Crippen molar-refractivity contribution in [1.29, 1.82) is 0 Å². The van der Waals surface area contributed by atoms with Gasteiger partial charge in [0.25, 0.3) is 0 Å². The van der Waals surface area contributed by atoms with Crippen LogP contribution in [-0.2, 0) is 11.2 Å². The van der Waals surface area contributed by atoms with Gasteiger partial charge in [0.05, 0.1) is 12.1 Å². The van der Waals surface area contributed by atoms with E-state index in [1.54, 1.807) is 0 Å². The average Bonchev–Trinajstić information content (AvgIpc) is 2.43. The summed E-state index contributed by atoms with van der Waals surface area (Å²) in [6.07, 6.45) is 3.49. The van der Waals surface area contributed by atoms with Crippen molar-refractivity contribution in [1.82, 2.24) is 9.97 Å². The summed E-state index contributed by atoms with van der Waals surface area (Å²) in [6.45, 7) is 4.88. The van der Waals surface area contributed by atoms with Gasteiger partial charge in [-0.15, -0.1) is 0 Å². The Labute approximate surface area is 114 Å². The van der Waals surface area contributed by atoms with Crippen molar-refractivity contribution in [2.75, 3.05) is 11.9 Å². The Hall–Kier alpha value is -1.20. The number of aryl methyl sites for hydroxylation is 2. The monoisotopic (exact) mass is 262 g/mol. The third-order valence-electron chi connectivity index (χ3n) is 4.24. The number of nitrogens with one attached hydrogen (secondary N) is 1. The summed E-state index contributed by atoms with van der Waals surface area (Å²) in [4.78, 5) is 8.83. The van der Waals surface area contributed by atoms with E-state index in [1.165, 1.54) is 6.42 Å². The van der Waals surface area contributed by atoms with Gasteiger partial charge in [-0.3, -0.25) is 0 Å². The standard InChI is InChI=1S/C14H22N4O/c1-3-9-7-11(17-8(2)16-9)18-13-12(15)10-5-4-6-19-14(10)13/h7,10,12-14H,3-6,15H2,1-2H3,(H,16,17,18). The summed E-state index contributed by atoms with van der Waals surface area (Å²) < 4.78 is 5.83. The minimum absolute atomic E-state index is 0.172. The van der Waals surface area contributed by atoms with Crippen molar-refractivity contribution in [3.05, 3.63) is 17.6 Å². The molecule has 3 rings (SSSR count). The Bertz CT molecular complexity index is 465. The van der Waals surface area contributed by atoms with E-state index in [4.69, 9.17) is 10.5 Å². The fourth-order valence-electron chi connectivity index (χ4n) is 3.18. The van der Waals surface area contributed by atoms with Gasteiger partial charge in [-0.25, -0.2) is 9.97 Å². The molecule has 1 saturated heterocycles. The minimum atomic E-state index is 0.172. The third-order valence-corrected chi connectivity index (χ3v) is 4.24. The lowest BCUT2D eigenvalue weighted by Gasteiger charge is -2.52. The van der Waals surface area contributed by atoms with Crippen LogP contribution in [0.25, 0.3) is 0 Å². The highest BCUT2D eigenvalue weighted by molar-refractivity contribution is 5.40. The van der Waals surface area contributed by atoms with Crippen molar-refractivity contribution < 1.29 is 4.74 Å². The third kappa shape index (κ3) is 2.32. The van der Waals surface area contributed by atoms with Gasteiger partial charge < -0.3 is 15.8 Å². The normalized spacial score (nSPS) is 33.4. The molecule has 19 heavy (non-hydrogen) atoms. The fourth-order valence-corrected chi connectivity index (χ4v) is 3.18. The van der Waals surface area contributed by atoms with E-state index in [0.29, 0.717) is 5.92 Å². The van der Waals surface area contributed by atoms with Crippen LogP contribution in [0.3, 0.4) is 0 Å². The van der Waals surface area contributed by atoms with E-state index in [-0.39, 0.29) is 18.2 Å². The zero-order valence-corrected chi connectivity index (χ0v) is 11.6. The number of hydrogen-bond acceptors (Lipinski definition) is 5. The highest BCUT2D eigenvalue weighted by atomic mass is 16.5. The molecule has 0 amide bonds. The lowest BCUT2D eigenvalue weighted by atomic mass is 9.68. The van der Waals surface area contributed by atoms with Gasteiger partial charge in [-0.2, -0.15) is 0 Å². The Morgan fingerprint density at radius 3 is 3.11 bits per heavy atom. The second-order valence-corrected chi connectivity index (χ2v) is 5.53. The Balaban J connectivity index is 1.73. The first-order chi connectivity index (χ1) is 9.19. The largest absolute Gasteiger partial charge is 0.376 e. The summed E-state index contributed by atoms with van der Waals surface area (Å²) in [5.41, 5.74) is 7.31. The molecule has 1 aliphatic carbocycles. The van der Waals surface area contributed by atoms with Crippen LogP contribution >= 0.6 is 0 Å². The molecule has 104 valence electrons. The highest BCUT2D eigenvalue weighted by Gasteiger charge is 2.50. The first-order valence-corrected chi connectivity index (χ1v) is 7.17. The smallest absolute Gasteiger partial charge is 0.130 e.